The quantitative estimate of drug-likeness (QED) is 0.832. The summed E-state index contributed by atoms with van der Waals surface area (Å²) in [5.74, 6) is 0.662. The molecule has 1 aliphatic rings. The summed E-state index contributed by atoms with van der Waals surface area (Å²) in [6, 6.07) is 2.13. The molecule has 100 valence electrons. The fourth-order valence-electron chi connectivity index (χ4n) is 2.55. The van der Waals surface area contributed by atoms with Crippen LogP contribution in [0.5, 0.6) is 0 Å². The zero-order valence-corrected chi connectivity index (χ0v) is 11.4. The van der Waals surface area contributed by atoms with E-state index in [1.165, 1.54) is 17.7 Å². The molecule has 1 aliphatic heterocycles. The molecule has 0 saturated carbocycles. The first-order valence-electron chi connectivity index (χ1n) is 6.72. The Labute approximate surface area is 109 Å². The van der Waals surface area contributed by atoms with E-state index < -0.39 is 0 Å². The molecule has 2 heterocycles. The van der Waals surface area contributed by atoms with Gasteiger partial charge in [-0.15, -0.1) is 0 Å². The van der Waals surface area contributed by atoms with Crippen LogP contribution < -0.4 is 10.2 Å². The number of hydrogen-bond donors (Lipinski definition) is 1. The van der Waals surface area contributed by atoms with Crippen LogP contribution in [0.25, 0.3) is 0 Å². The van der Waals surface area contributed by atoms with Crippen molar-refractivity contribution in [2.75, 3.05) is 38.3 Å². The molecular weight excluding hydrogens is 226 g/mol. The van der Waals surface area contributed by atoms with Gasteiger partial charge in [0.15, 0.2) is 0 Å². The highest BCUT2D eigenvalue weighted by Gasteiger charge is 2.23. The summed E-state index contributed by atoms with van der Waals surface area (Å²) in [5.41, 5.74) is 2.61. The van der Waals surface area contributed by atoms with Gasteiger partial charge in [0.2, 0.25) is 0 Å². The number of aromatic nitrogens is 1. The van der Waals surface area contributed by atoms with Gasteiger partial charge < -0.3 is 15.0 Å². The molecule has 0 bridgehead atoms. The van der Waals surface area contributed by atoms with Crippen molar-refractivity contribution in [3.63, 3.8) is 0 Å². The van der Waals surface area contributed by atoms with Crippen molar-refractivity contribution in [3.05, 3.63) is 24.0 Å². The second-order valence-corrected chi connectivity index (χ2v) is 4.84. The van der Waals surface area contributed by atoms with E-state index in [9.17, 15) is 0 Å². The zero-order valence-electron chi connectivity index (χ0n) is 11.4. The molecule has 1 aromatic rings. The fraction of sp³-hybridized carbons (Fsp3) is 0.643. The first-order valence-corrected chi connectivity index (χ1v) is 6.72. The number of anilines is 1. The Kier molecular flexibility index (Phi) is 4.96. The molecule has 0 spiro atoms. The molecule has 0 aromatic carbocycles. The van der Waals surface area contributed by atoms with Gasteiger partial charge in [0.1, 0.15) is 0 Å². The van der Waals surface area contributed by atoms with Crippen LogP contribution in [0.1, 0.15) is 18.9 Å². The third-order valence-corrected chi connectivity index (χ3v) is 3.47. The van der Waals surface area contributed by atoms with Gasteiger partial charge in [0, 0.05) is 56.3 Å². The van der Waals surface area contributed by atoms with Gasteiger partial charge in [-0.2, -0.15) is 0 Å². The highest BCUT2D eigenvalue weighted by atomic mass is 16.5. The number of ether oxygens (including phenoxy) is 1. The smallest absolute Gasteiger partial charge is 0.0508 e. The van der Waals surface area contributed by atoms with E-state index in [2.05, 4.69) is 28.2 Å². The maximum Gasteiger partial charge on any atom is 0.0508 e. The number of nitrogens with one attached hydrogen (secondary N) is 1. The number of hydrogen-bond acceptors (Lipinski definition) is 4. The molecule has 0 amide bonds. The lowest BCUT2D eigenvalue weighted by molar-refractivity contribution is 0.161. The molecule has 1 saturated heterocycles. The van der Waals surface area contributed by atoms with E-state index in [0.717, 1.165) is 32.8 Å². The lowest BCUT2D eigenvalue weighted by Crippen LogP contribution is -2.23. The third kappa shape index (κ3) is 3.21. The molecule has 0 aliphatic carbocycles. The van der Waals surface area contributed by atoms with Crippen LogP contribution in [0.2, 0.25) is 0 Å². The largest absolute Gasteiger partial charge is 0.384 e. The average Bonchev–Trinajstić information content (AvgIpc) is 2.86. The van der Waals surface area contributed by atoms with Crippen molar-refractivity contribution in [2.24, 2.45) is 5.92 Å². The first kappa shape index (κ1) is 13.3. The van der Waals surface area contributed by atoms with Crippen molar-refractivity contribution >= 4 is 5.69 Å². The number of methoxy groups -OCH3 is 1. The highest BCUT2D eigenvalue weighted by molar-refractivity contribution is 5.53. The van der Waals surface area contributed by atoms with Crippen molar-refractivity contribution in [1.82, 2.24) is 10.3 Å². The Morgan fingerprint density at radius 1 is 1.56 bits per heavy atom. The van der Waals surface area contributed by atoms with E-state index >= 15 is 0 Å². The van der Waals surface area contributed by atoms with E-state index in [-0.39, 0.29) is 0 Å². The number of nitrogens with zero attached hydrogens (tertiary/aromatic N) is 2. The standard InChI is InChI=1S/C14H23N3O/c1-3-15-8-13-9-16-6-4-14(13)17-7-5-12(10-17)11-18-2/h4,6,9,12,15H,3,5,7-8,10-11H2,1-2H3. The molecule has 4 heteroatoms. The molecule has 1 atom stereocenters. The summed E-state index contributed by atoms with van der Waals surface area (Å²) >= 11 is 0. The van der Waals surface area contributed by atoms with Crippen molar-refractivity contribution in [3.8, 4) is 0 Å². The molecule has 4 nitrogen and oxygen atoms in total. The molecular formula is C14H23N3O. The molecule has 1 fully saturated rings. The minimum atomic E-state index is 0.662. The van der Waals surface area contributed by atoms with Crippen LogP contribution in [0.3, 0.4) is 0 Å². The van der Waals surface area contributed by atoms with E-state index in [4.69, 9.17) is 4.74 Å². The number of pyridine rings is 1. The molecule has 1 aromatic heterocycles. The van der Waals surface area contributed by atoms with Gasteiger partial charge in [0.25, 0.3) is 0 Å². The summed E-state index contributed by atoms with van der Waals surface area (Å²) in [4.78, 5) is 6.69. The van der Waals surface area contributed by atoms with E-state index in [1.54, 1.807) is 7.11 Å². The Morgan fingerprint density at radius 3 is 3.22 bits per heavy atom. The molecule has 1 unspecified atom stereocenters. The van der Waals surface area contributed by atoms with Crippen LogP contribution in [-0.2, 0) is 11.3 Å². The Balaban J connectivity index is 2.04. The topological polar surface area (TPSA) is 37.4 Å². The molecule has 1 N–H and O–H groups in total. The van der Waals surface area contributed by atoms with Gasteiger partial charge in [-0.1, -0.05) is 6.92 Å². The van der Waals surface area contributed by atoms with Crippen molar-refractivity contribution in [2.45, 2.75) is 19.9 Å². The maximum atomic E-state index is 5.25. The normalized spacial score (nSPS) is 19.4. The van der Waals surface area contributed by atoms with Gasteiger partial charge >= 0.3 is 0 Å². The summed E-state index contributed by atoms with van der Waals surface area (Å²) in [5, 5.41) is 3.37. The summed E-state index contributed by atoms with van der Waals surface area (Å²) in [6.07, 6.45) is 5.08. The predicted octanol–water partition coefficient (Wildman–Crippen LogP) is 1.66. The van der Waals surface area contributed by atoms with Gasteiger partial charge in [-0.25, -0.2) is 0 Å². The van der Waals surface area contributed by atoms with Crippen LogP contribution in [0.4, 0.5) is 5.69 Å². The van der Waals surface area contributed by atoms with E-state index in [1.807, 2.05) is 12.4 Å². The summed E-state index contributed by atoms with van der Waals surface area (Å²) in [7, 11) is 1.78. The van der Waals surface area contributed by atoms with E-state index in [0.29, 0.717) is 5.92 Å². The zero-order chi connectivity index (χ0) is 12.8. The van der Waals surface area contributed by atoms with Crippen LogP contribution in [0, 0.1) is 5.92 Å². The predicted molar refractivity (Wildman–Crippen MR) is 73.8 cm³/mol. The molecule has 18 heavy (non-hydrogen) atoms. The van der Waals surface area contributed by atoms with Crippen molar-refractivity contribution < 1.29 is 4.74 Å². The van der Waals surface area contributed by atoms with Gasteiger partial charge in [-0.3, -0.25) is 4.98 Å². The molecule has 2 rings (SSSR count). The minimum Gasteiger partial charge on any atom is -0.384 e. The van der Waals surface area contributed by atoms with Crippen LogP contribution >= 0.6 is 0 Å². The van der Waals surface area contributed by atoms with Crippen molar-refractivity contribution in [1.29, 1.82) is 0 Å². The Bertz CT molecular complexity index is 370. The lowest BCUT2D eigenvalue weighted by atomic mass is 10.1. The molecule has 0 radical (unpaired) electrons. The maximum absolute atomic E-state index is 5.25. The van der Waals surface area contributed by atoms with Gasteiger partial charge in [-0.05, 0) is 19.0 Å². The Morgan fingerprint density at radius 2 is 2.44 bits per heavy atom. The monoisotopic (exact) mass is 249 g/mol. The van der Waals surface area contributed by atoms with Gasteiger partial charge in [0.05, 0.1) is 6.61 Å². The first-order chi connectivity index (χ1) is 8.85. The second-order valence-electron chi connectivity index (χ2n) is 4.84. The van der Waals surface area contributed by atoms with Crippen LogP contribution in [0.15, 0.2) is 18.5 Å². The number of rotatable bonds is 6. The SMILES string of the molecule is CCNCc1cnccc1N1CCC(COC)C1. The minimum absolute atomic E-state index is 0.662. The third-order valence-electron chi connectivity index (χ3n) is 3.47. The average molecular weight is 249 g/mol. The van der Waals surface area contributed by atoms with Crippen LogP contribution in [-0.4, -0.2) is 38.3 Å². The summed E-state index contributed by atoms with van der Waals surface area (Å²) < 4.78 is 5.25. The second kappa shape index (κ2) is 6.71. The Hall–Kier alpha value is -1.13. The fourth-order valence-corrected chi connectivity index (χ4v) is 2.55. The summed E-state index contributed by atoms with van der Waals surface area (Å²) in [6.45, 7) is 7.09. The lowest BCUT2D eigenvalue weighted by Gasteiger charge is -2.22. The highest BCUT2D eigenvalue weighted by Crippen LogP contribution is 2.26.